The number of carbonyl (C=O) groups excluding carboxylic acids is 1. The lowest BCUT2D eigenvalue weighted by molar-refractivity contribution is 0.102. The van der Waals surface area contributed by atoms with Gasteiger partial charge in [-0.05, 0) is 32.0 Å². The average molecular weight is 260 g/mol. The molecule has 0 aromatic carbocycles. The topological polar surface area (TPSA) is 80.9 Å². The largest absolute Gasteiger partial charge is 0.383 e. The summed E-state index contributed by atoms with van der Waals surface area (Å²) in [7, 11) is 0. The second kappa shape index (κ2) is 5.01. The number of rotatable bonds is 2. The summed E-state index contributed by atoms with van der Waals surface area (Å²) < 4.78 is 13.1. The summed E-state index contributed by atoms with van der Waals surface area (Å²) in [6, 6.07) is 4.56. The van der Waals surface area contributed by atoms with Crippen LogP contribution in [0.25, 0.3) is 0 Å². The van der Waals surface area contributed by atoms with Gasteiger partial charge in [-0.25, -0.2) is 9.37 Å². The first-order chi connectivity index (χ1) is 8.97. The van der Waals surface area contributed by atoms with Crippen LogP contribution in [0.5, 0.6) is 0 Å². The molecule has 2 aromatic rings. The van der Waals surface area contributed by atoms with Crippen LogP contribution in [0.4, 0.5) is 15.9 Å². The Morgan fingerprint density at radius 3 is 2.79 bits per heavy atom. The molecule has 0 radical (unpaired) electrons. The van der Waals surface area contributed by atoms with E-state index in [-0.39, 0.29) is 11.4 Å². The van der Waals surface area contributed by atoms with Crippen molar-refractivity contribution < 1.29 is 9.18 Å². The monoisotopic (exact) mass is 260 g/mol. The van der Waals surface area contributed by atoms with Crippen LogP contribution in [0.2, 0.25) is 0 Å². The number of halogens is 1. The van der Waals surface area contributed by atoms with Crippen molar-refractivity contribution in [2.24, 2.45) is 0 Å². The molecule has 2 aromatic heterocycles. The first-order valence-corrected chi connectivity index (χ1v) is 5.64. The third kappa shape index (κ3) is 2.85. The predicted molar refractivity (Wildman–Crippen MR) is 70.3 cm³/mol. The van der Waals surface area contributed by atoms with Gasteiger partial charge in [-0.2, -0.15) is 0 Å². The summed E-state index contributed by atoms with van der Waals surface area (Å²) in [4.78, 5) is 19.8. The number of nitrogen functional groups attached to an aromatic ring is 1. The van der Waals surface area contributed by atoms with Gasteiger partial charge < -0.3 is 11.1 Å². The fraction of sp³-hybridized carbons (Fsp3) is 0.154. The van der Waals surface area contributed by atoms with E-state index in [1.807, 2.05) is 6.92 Å². The van der Waals surface area contributed by atoms with E-state index in [9.17, 15) is 9.18 Å². The number of hydrogen-bond acceptors (Lipinski definition) is 4. The second-order valence-electron chi connectivity index (χ2n) is 4.13. The zero-order chi connectivity index (χ0) is 14.0. The Labute approximate surface area is 109 Å². The number of aryl methyl sites for hydroxylation is 2. The summed E-state index contributed by atoms with van der Waals surface area (Å²) >= 11 is 0. The first-order valence-electron chi connectivity index (χ1n) is 5.64. The number of hydrogen-bond donors (Lipinski definition) is 2. The van der Waals surface area contributed by atoms with Crippen LogP contribution in [0.15, 0.2) is 24.4 Å². The number of nitrogens with two attached hydrogens (primary N) is 1. The highest BCUT2D eigenvalue weighted by atomic mass is 19.1. The Morgan fingerprint density at radius 2 is 2.11 bits per heavy atom. The van der Waals surface area contributed by atoms with E-state index in [1.165, 1.54) is 0 Å². The molecule has 0 spiro atoms. The van der Waals surface area contributed by atoms with Gasteiger partial charge in [0.05, 0.1) is 23.1 Å². The maximum absolute atomic E-state index is 13.1. The molecule has 0 fully saturated rings. The number of nitrogens with one attached hydrogen (secondary N) is 1. The van der Waals surface area contributed by atoms with Crippen molar-refractivity contribution in [1.82, 2.24) is 9.97 Å². The highest BCUT2D eigenvalue weighted by Crippen LogP contribution is 2.16. The van der Waals surface area contributed by atoms with Crippen molar-refractivity contribution in [3.05, 3.63) is 47.2 Å². The van der Waals surface area contributed by atoms with Crippen LogP contribution >= 0.6 is 0 Å². The third-order valence-corrected chi connectivity index (χ3v) is 2.60. The summed E-state index contributed by atoms with van der Waals surface area (Å²) in [5.41, 5.74) is 7.63. The summed E-state index contributed by atoms with van der Waals surface area (Å²) in [6.45, 7) is 3.63. The molecule has 19 heavy (non-hydrogen) atoms. The van der Waals surface area contributed by atoms with Crippen LogP contribution < -0.4 is 11.1 Å². The Bertz CT molecular complexity index is 643. The fourth-order valence-corrected chi connectivity index (χ4v) is 1.64. The minimum Gasteiger partial charge on any atom is -0.383 e. The quantitative estimate of drug-likeness (QED) is 0.866. The number of nitrogens with zero attached hydrogens (tertiary/aromatic N) is 2. The van der Waals surface area contributed by atoms with Crippen LogP contribution in [-0.2, 0) is 0 Å². The normalized spacial score (nSPS) is 10.3. The maximum atomic E-state index is 13.1. The van der Waals surface area contributed by atoms with Gasteiger partial charge in [0.2, 0.25) is 0 Å². The van der Waals surface area contributed by atoms with Gasteiger partial charge in [0.25, 0.3) is 5.91 Å². The van der Waals surface area contributed by atoms with Crippen LogP contribution in [-0.4, -0.2) is 15.9 Å². The van der Waals surface area contributed by atoms with Gasteiger partial charge in [-0.1, -0.05) is 0 Å². The average Bonchev–Trinajstić information content (AvgIpc) is 2.35. The minimum atomic E-state index is -0.613. The van der Waals surface area contributed by atoms with E-state index < -0.39 is 11.7 Å². The highest BCUT2D eigenvalue weighted by Gasteiger charge is 2.13. The molecule has 0 bridgehead atoms. The number of aromatic nitrogens is 2. The highest BCUT2D eigenvalue weighted by molar-refractivity contribution is 6.07. The molecule has 2 heterocycles. The van der Waals surface area contributed by atoms with Crippen LogP contribution in [0, 0.1) is 19.7 Å². The van der Waals surface area contributed by atoms with Crippen LogP contribution in [0.1, 0.15) is 21.7 Å². The second-order valence-corrected chi connectivity index (χ2v) is 4.13. The van der Waals surface area contributed by atoms with Crippen LogP contribution in [0.3, 0.4) is 0 Å². The number of pyridine rings is 2. The van der Waals surface area contributed by atoms with E-state index in [0.29, 0.717) is 11.4 Å². The van der Waals surface area contributed by atoms with Gasteiger partial charge >= 0.3 is 0 Å². The molecule has 2 rings (SSSR count). The fourth-order valence-electron chi connectivity index (χ4n) is 1.64. The summed E-state index contributed by atoms with van der Waals surface area (Å²) in [5, 5.41) is 2.63. The molecule has 0 aliphatic heterocycles. The lowest BCUT2D eigenvalue weighted by atomic mass is 10.2. The van der Waals surface area contributed by atoms with Crippen molar-refractivity contribution in [1.29, 1.82) is 0 Å². The minimum absolute atomic E-state index is 0.0000231. The van der Waals surface area contributed by atoms with Crippen molar-refractivity contribution in [2.75, 3.05) is 11.1 Å². The Hall–Kier alpha value is -2.50. The van der Waals surface area contributed by atoms with E-state index in [1.54, 1.807) is 19.1 Å². The molecular formula is C13H13FN4O. The Kier molecular flexibility index (Phi) is 3.41. The standard InChI is InChI=1S/C13H13FN4O/c1-7-3-4-11(8(2)17-7)18-13(19)10-5-9(14)6-16-12(10)15/h3-6H,1-2H3,(H2,15,16)(H,18,19). The molecule has 0 unspecified atom stereocenters. The molecule has 0 aliphatic rings. The number of amides is 1. The molecule has 1 amide bonds. The molecule has 3 N–H and O–H groups in total. The van der Waals surface area contributed by atoms with E-state index in [0.717, 1.165) is 18.0 Å². The number of anilines is 2. The SMILES string of the molecule is Cc1ccc(NC(=O)c2cc(F)cnc2N)c(C)n1. The molecule has 0 saturated heterocycles. The summed E-state index contributed by atoms with van der Waals surface area (Å²) in [6.07, 6.45) is 0.963. The first kappa shape index (κ1) is 12.9. The smallest absolute Gasteiger partial charge is 0.259 e. The molecule has 98 valence electrons. The van der Waals surface area contributed by atoms with Gasteiger partial charge in [0.15, 0.2) is 0 Å². The lowest BCUT2D eigenvalue weighted by Gasteiger charge is -2.09. The molecule has 0 saturated carbocycles. The van der Waals surface area contributed by atoms with Crippen molar-refractivity contribution in [3.63, 3.8) is 0 Å². The van der Waals surface area contributed by atoms with Crippen molar-refractivity contribution in [2.45, 2.75) is 13.8 Å². The summed E-state index contributed by atoms with van der Waals surface area (Å²) in [5.74, 6) is -1.15. The third-order valence-electron chi connectivity index (χ3n) is 2.60. The van der Waals surface area contributed by atoms with Gasteiger partial charge in [-0.15, -0.1) is 0 Å². The van der Waals surface area contributed by atoms with Gasteiger partial charge in [-0.3, -0.25) is 9.78 Å². The molecular weight excluding hydrogens is 247 g/mol. The zero-order valence-corrected chi connectivity index (χ0v) is 10.6. The van der Waals surface area contributed by atoms with E-state index >= 15 is 0 Å². The van der Waals surface area contributed by atoms with Gasteiger partial charge in [0, 0.05) is 5.69 Å². The van der Waals surface area contributed by atoms with E-state index in [4.69, 9.17) is 5.73 Å². The molecule has 6 heteroatoms. The lowest BCUT2D eigenvalue weighted by Crippen LogP contribution is -2.16. The van der Waals surface area contributed by atoms with E-state index in [2.05, 4.69) is 15.3 Å². The zero-order valence-electron chi connectivity index (χ0n) is 10.6. The molecule has 0 aliphatic carbocycles. The van der Waals surface area contributed by atoms with Gasteiger partial charge in [0.1, 0.15) is 11.6 Å². The molecule has 5 nitrogen and oxygen atoms in total. The van der Waals surface area contributed by atoms with Crippen molar-refractivity contribution >= 4 is 17.4 Å². The Balaban J connectivity index is 2.28. The number of carbonyl (C=O) groups is 1. The van der Waals surface area contributed by atoms with Crippen molar-refractivity contribution in [3.8, 4) is 0 Å². The maximum Gasteiger partial charge on any atom is 0.259 e. The predicted octanol–water partition coefficient (Wildman–Crippen LogP) is 2.07. The molecule has 0 atom stereocenters. The Morgan fingerprint density at radius 1 is 1.37 bits per heavy atom.